The second-order valence-electron chi connectivity index (χ2n) is 1.88. The fraction of sp³-hybridized carbons (Fsp3) is 0.143. The number of thiazole rings is 1. The zero-order valence-corrected chi connectivity index (χ0v) is 6.73. The van der Waals surface area contributed by atoms with E-state index >= 15 is 0 Å². The van der Waals surface area contributed by atoms with Gasteiger partial charge in [0.05, 0.1) is 0 Å². The van der Waals surface area contributed by atoms with E-state index in [2.05, 4.69) is 16.9 Å². The minimum Gasteiger partial charge on any atom is -0.302 e. The number of hydrogen-bond donors (Lipinski definition) is 1. The van der Waals surface area contributed by atoms with Crippen LogP contribution in [0, 0.1) is 0 Å². The SMILES string of the molecule is C=CCC(=O)Nc1nccs1. The highest BCUT2D eigenvalue weighted by Gasteiger charge is 1.99. The van der Waals surface area contributed by atoms with E-state index in [1.165, 1.54) is 11.3 Å². The molecule has 0 bridgehead atoms. The molecule has 1 N–H and O–H groups in total. The maximum Gasteiger partial charge on any atom is 0.229 e. The Kier molecular flexibility index (Phi) is 2.80. The van der Waals surface area contributed by atoms with Crippen molar-refractivity contribution in [3.8, 4) is 0 Å². The van der Waals surface area contributed by atoms with Gasteiger partial charge in [-0.15, -0.1) is 17.9 Å². The first-order valence-corrected chi connectivity index (χ1v) is 4.01. The largest absolute Gasteiger partial charge is 0.302 e. The summed E-state index contributed by atoms with van der Waals surface area (Å²) >= 11 is 1.40. The first-order chi connectivity index (χ1) is 5.33. The number of carbonyl (C=O) groups is 1. The van der Waals surface area contributed by atoms with Crippen molar-refractivity contribution in [2.45, 2.75) is 6.42 Å². The van der Waals surface area contributed by atoms with E-state index in [9.17, 15) is 4.79 Å². The number of rotatable bonds is 3. The van der Waals surface area contributed by atoms with Crippen LogP contribution in [0.2, 0.25) is 0 Å². The molecule has 3 nitrogen and oxygen atoms in total. The molecule has 1 aromatic rings. The fourth-order valence-electron chi connectivity index (χ4n) is 0.587. The number of aromatic nitrogens is 1. The van der Waals surface area contributed by atoms with E-state index in [-0.39, 0.29) is 5.91 Å². The van der Waals surface area contributed by atoms with Gasteiger partial charge in [0.15, 0.2) is 5.13 Å². The zero-order valence-electron chi connectivity index (χ0n) is 5.91. The molecule has 0 aliphatic rings. The molecule has 0 fully saturated rings. The van der Waals surface area contributed by atoms with Gasteiger partial charge in [0, 0.05) is 18.0 Å². The molecule has 1 aromatic heterocycles. The van der Waals surface area contributed by atoms with Crippen molar-refractivity contribution >= 4 is 22.4 Å². The molecule has 1 heterocycles. The monoisotopic (exact) mass is 168 g/mol. The lowest BCUT2D eigenvalue weighted by molar-refractivity contribution is -0.115. The Morgan fingerprint density at radius 2 is 2.73 bits per heavy atom. The van der Waals surface area contributed by atoms with Gasteiger partial charge in [0.25, 0.3) is 0 Å². The standard InChI is InChI=1S/C7H8N2OS/c1-2-3-6(10)9-7-8-4-5-11-7/h2,4-5H,1,3H2,(H,8,9,10). The minimum atomic E-state index is -0.0741. The first kappa shape index (κ1) is 7.94. The van der Waals surface area contributed by atoms with Crippen LogP contribution < -0.4 is 5.32 Å². The highest BCUT2D eigenvalue weighted by atomic mass is 32.1. The highest BCUT2D eigenvalue weighted by Crippen LogP contribution is 2.10. The predicted octanol–water partition coefficient (Wildman–Crippen LogP) is 1.66. The maximum atomic E-state index is 10.9. The summed E-state index contributed by atoms with van der Waals surface area (Å²) in [6, 6.07) is 0. The summed E-state index contributed by atoms with van der Waals surface area (Å²) in [7, 11) is 0. The van der Waals surface area contributed by atoms with E-state index in [1.54, 1.807) is 12.3 Å². The second-order valence-corrected chi connectivity index (χ2v) is 2.77. The van der Waals surface area contributed by atoms with Crippen molar-refractivity contribution in [1.29, 1.82) is 0 Å². The van der Waals surface area contributed by atoms with E-state index in [1.807, 2.05) is 5.38 Å². The summed E-state index contributed by atoms with van der Waals surface area (Å²) in [6.07, 6.45) is 3.54. The number of carbonyl (C=O) groups excluding carboxylic acids is 1. The summed E-state index contributed by atoms with van der Waals surface area (Å²) in [4.78, 5) is 14.8. The quantitative estimate of drug-likeness (QED) is 0.697. The van der Waals surface area contributed by atoms with Gasteiger partial charge in [-0.2, -0.15) is 0 Å². The Morgan fingerprint density at radius 3 is 3.27 bits per heavy atom. The molecule has 0 radical (unpaired) electrons. The van der Waals surface area contributed by atoms with Crippen LogP contribution in [0.1, 0.15) is 6.42 Å². The average molecular weight is 168 g/mol. The lowest BCUT2D eigenvalue weighted by Crippen LogP contribution is -2.09. The van der Waals surface area contributed by atoms with Gasteiger partial charge < -0.3 is 5.32 Å². The van der Waals surface area contributed by atoms with Gasteiger partial charge in [0.1, 0.15) is 0 Å². The van der Waals surface area contributed by atoms with Crippen molar-refractivity contribution < 1.29 is 4.79 Å². The topological polar surface area (TPSA) is 42.0 Å². The van der Waals surface area contributed by atoms with Crippen molar-refractivity contribution in [2.75, 3.05) is 5.32 Å². The zero-order chi connectivity index (χ0) is 8.10. The predicted molar refractivity (Wildman–Crippen MR) is 45.6 cm³/mol. The van der Waals surface area contributed by atoms with E-state index in [4.69, 9.17) is 0 Å². The summed E-state index contributed by atoms with van der Waals surface area (Å²) in [5.41, 5.74) is 0. The summed E-state index contributed by atoms with van der Waals surface area (Å²) in [5, 5.41) is 5.07. The summed E-state index contributed by atoms with van der Waals surface area (Å²) < 4.78 is 0. The molecule has 0 atom stereocenters. The number of amides is 1. The van der Waals surface area contributed by atoms with Crippen LogP contribution in [0.25, 0.3) is 0 Å². The number of anilines is 1. The molecular formula is C7H8N2OS. The Morgan fingerprint density at radius 1 is 1.91 bits per heavy atom. The van der Waals surface area contributed by atoms with Gasteiger partial charge in [-0.05, 0) is 0 Å². The molecule has 0 spiro atoms. The lowest BCUT2D eigenvalue weighted by Gasteiger charge is -1.95. The summed E-state index contributed by atoms with van der Waals surface area (Å²) in [6.45, 7) is 3.45. The van der Waals surface area contributed by atoms with E-state index in [0.717, 1.165) is 0 Å². The van der Waals surface area contributed by atoms with Crippen LogP contribution in [-0.2, 0) is 4.79 Å². The molecule has 1 amide bonds. The summed E-state index contributed by atoms with van der Waals surface area (Å²) in [5.74, 6) is -0.0741. The van der Waals surface area contributed by atoms with E-state index in [0.29, 0.717) is 11.6 Å². The molecule has 0 saturated carbocycles. The van der Waals surface area contributed by atoms with Crippen LogP contribution in [-0.4, -0.2) is 10.9 Å². The molecule has 0 unspecified atom stereocenters. The van der Waals surface area contributed by atoms with Crippen LogP contribution in [0.5, 0.6) is 0 Å². The third-order valence-electron chi connectivity index (χ3n) is 1.01. The molecule has 0 saturated heterocycles. The van der Waals surface area contributed by atoms with Crippen molar-refractivity contribution in [2.24, 2.45) is 0 Å². The van der Waals surface area contributed by atoms with Gasteiger partial charge in [0.2, 0.25) is 5.91 Å². The molecule has 0 aliphatic heterocycles. The fourth-order valence-corrected chi connectivity index (χ4v) is 1.13. The van der Waals surface area contributed by atoms with Gasteiger partial charge in [-0.1, -0.05) is 6.08 Å². The molecule has 1 rings (SSSR count). The smallest absolute Gasteiger partial charge is 0.229 e. The maximum absolute atomic E-state index is 10.9. The Labute approximate surface area is 68.8 Å². The average Bonchev–Trinajstić information content (AvgIpc) is 2.40. The van der Waals surface area contributed by atoms with Crippen molar-refractivity contribution in [1.82, 2.24) is 4.98 Å². The molecule has 11 heavy (non-hydrogen) atoms. The van der Waals surface area contributed by atoms with Gasteiger partial charge in [-0.25, -0.2) is 4.98 Å². The first-order valence-electron chi connectivity index (χ1n) is 3.13. The van der Waals surface area contributed by atoms with Crippen LogP contribution in [0.4, 0.5) is 5.13 Å². The minimum absolute atomic E-state index is 0.0741. The third-order valence-corrected chi connectivity index (χ3v) is 1.70. The van der Waals surface area contributed by atoms with Crippen molar-refractivity contribution in [3.63, 3.8) is 0 Å². The van der Waals surface area contributed by atoms with Crippen LogP contribution in [0.3, 0.4) is 0 Å². The van der Waals surface area contributed by atoms with Crippen LogP contribution in [0.15, 0.2) is 24.2 Å². The van der Waals surface area contributed by atoms with Gasteiger partial charge in [-0.3, -0.25) is 4.79 Å². The molecule has 4 heteroatoms. The Bertz CT molecular complexity index is 243. The second kappa shape index (κ2) is 3.88. The Hall–Kier alpha value is -1.16. The Balaban J connectivity index is 2.43. The lowest BCUT2D eigenvalue weighted by atomic mass is 10.4. The highest BCUT2D eigenvalue weighted by molar-refractivity contribution is 7.13. The van der Waals surface area contributed by atoms with Crippen molar-refractivity contribution in [3.05, 3.63) is 24.2 Å². The molecule has 58 valence electrons. The number of nitrogens with zero attached hydrogens (tertiary/aromatic N) is 1. The van der Waals surface area contributed by atoms with E-state index < -0.39 is 0 Å². The van der Waals surface area contributed by atoms with Crippen LogP contribution >= 0.6 is 11.3 Å². The molecule has 0 aliphatic carbocycles. The molecule has 0 aromatic carbocycles. The third kappa shape index (κ3) is 2.51. The van der Waals surface area contributed by atoms with Gasteiger partial charge >= 0.3 is 0 Å². The number of hydrogen-bond acceptors (Lipinski definition) is 3. The normalized spacial score (nSPS) is 9.09. The molecular weight excluding hydrogens is 160 g/mol. The number of nitrogens with one attached hydrogen (secondary N) is 1.